The highest BCUT2D eigenvalue weighted by atomic mass is 79.9. The molecule has 0 aliphatic rings. The second-order valence-corrected chi connectivity index (χ2v) is 5.71. The summed E-state index contributed by atoms with van der Waals surface area (Å²) in [6.45, 7) is 2.58. The standard InChI is InChI=1S/C16H18BrN3O/c1-11-7-8-14(17)15(9-11)19-10-13(16(18)20-21)12-5-3-2-4-6-12/h2-9,13,19,21H,10H2,1H3,(H2,18,20). The molecule has 0 amide bonds. The van der Waals surface area contributed by atoms with Crippen molar-refractivity contribution in [1.82, 2.24) is 0 Å². The Balaban J connectivity index is 2.19. The van der Waals surface area contributed by atoms with Gasteiger partial charge in [-0.05, 0) is 46.1 Å². The Bertz CT molecular complexity index is 629. The molecule has 2 rings (SSSR count). The van der Waals surface area contributed by atoms with Crippen LogP contribution in [-0.4, -0.2) is 17.6 Å². The van der Waals surface area contributed by atoms with E-state index >= 15 is 0 Å². The smallest absolute Gasteiger partial charge is 0.148 e. The second-order valence-electron chi connectivity index (χ2n) is 4.85. The van der Waals surface area contributed by atoms with Crippen molar-refractivity contribution < 1.29 is 5.21 Å². The molecule has 2 aromatic rings. The first-order valence-corrected chi connectivity index (χ1v) is 7.43. The predicted octanol–water partition coefficient (Wildman–Crippen LogP) is 3.70. The molecule has 0 saturated heterocycles. The fourth-order valence-corrected chi connectivity index (χ4v) is 2.52. The lowest BCUT2D eigenvalue weighted by Gasteiger charge is -2.18. The van der Waals surface area contributed by atoms with Gasteiger partial charge in [0.25, 0.3) is 0 Å². The average molecular weight is 348 g/mol. The minimum absolute atomic E-state index is 0.191. The first kappa shape index (κ1) is 15.4. The van der Waals surface area contributed by atoms with E-state index in [1.807, 2.05) is 49.4 Å². The molecule has 5 heteroatoms. The molecule has 0 aliphatic heterocycles. The maximum Gasteiger partial charge on any atom is 0.148 e. The maximum atomic E-state index is 8.99. The first-order chi connectivity index (χ1) is 10.1. The molecule has 4 nitrogen and oxygen atoms in total. The van der Waals surface area contributed by atoms with Crippen molar-refractivity contribution in [3.05, 3.63) is 64.1 Å². The quantitative estimate of drug-likeness (QED) is 0.334. The lowest BCUT2D eigenvalue weighted by Crippen LogP contribution is -2.28. The second kappa shape index (κ2) is 7.13. The lowest BCUT2D eigenvalue weighted by molar-refractivity contribution is 0.316. The van der Waals surface area contributed by atoms with E-state index in [9.17, 15) is 0 Å². The van der Waals surface area contributed by atoms with Gasteiger partial charge in [0.1, 0.15) is 5.84 Å². The summed E-state index contributed by atoms with van der Waals surface area (Å²) >= 11 is 3.52. The summed E-state index contributed by atoms with van der Waals surface area (Å²) in [7, 11) is 0. The SMILES string of the molecule is Cc1ccc(Br)c(NCC(/C(N)=N/O)c2ccccc2)c1. The highest BCUT2D eigenvalue weighted by Crippen LogP contribution is 2.25. The van der Waals surface area contributed by atoms with E-state index in [1.54, 1.807) is 0 Å². The van der Waals surface area contributed by atoms with Gasteiger partial charge < -0.3 is 16.3 Å². The van der Waals surface area contributed by atoms with Crippen LogP contribution < -0.4 is 11.1 Å². The van der Waals surface area contributed by atoms with Crippen LogP contribution in [0.15, 0.2) is 58.2 Å². The summed E-state index contributed by atoms with van der Waals surface area (Å²) in [6, 6.07) is 15.8. The molecular formula is C16H18BrN3O. The van der Waals surface area contributed by atoms with Gasteiger partial charge in [-0.3, -0.25) is 0 Å². The van der Waals surface area contributed by atoms with E-state index < -0.39 is 0 Å². The Morgan fingerprint density at radius 1 is 1.29 bits per heavy atom. The number of halogens is 1. The summed E-state index contributed by atoms with van der Waals surface area (Å²) in [4.78, 5) is 0. The van der Waals surface area contributed by atoms with Crippen molar-refractivity contribution in [1.29, 1.82) is 0 Å². The molecule has 0 heterocycles. The van der Waals surface area contributed by atoms with Gasteiger partial charge in [0.15, 0.2) is 0 Å². The number of nitrogens with two attached hydrogens (primary N) is 1. The maximum absolute atomic E-state index is 8.99. The largest absolute Gasteiger partial charge is 0.409 e. The monoisotopic (exact) mass is 347 g/mol. The van der Waals surface area contributed by atoms with E-state index in [0.717, 1.165) is 15.7 Å². The number of amidine groups is 1. The fourth-order valence-electron chi connectivity index (χ4n) is 2.13. The zero-order valence-electron chi connectivity index (χ0n) is 11.8. The topological polar surface area (TPSA) is 70.6 Å². The van der Waals surface area contributed by atoms with E-state index in [0.29, 0.717) is 6.54 Å². The van der Waals surface area contributed by atoms with Crippen LogP contribution in [0.25, 0.3) is 0 Å². The number of nitrogens with zero attached hydrogens (tertiary/aromatic N) is 1. The van der Waals surface area contributed by atoms with E-state index in [-0.39, 0.29) is 11.8 Å². The third-order valence-corrected chi connectivity index (χ3v) is 3.98. The van der Waals surface area contributed by atoms with Crippen molar-refractivity contribution >= 4 is 27.5 Å². The predicted molar refractivity (Wildman–Crippen MR) is 90.0 cm³/mol. The molecule has 0 saturated carbocycles. The van der Waals surface area contributed by atoms with Crippen molar-refractivity contribution in [2.45, 2.75) is 12.8 Å². The molecule has 0 bridgehead atoms. The molecule has 0 aromatic heterocycles. The van der Waals surface area contributed by atoms with Crippen LogP contribution in [0, 0.1) is 6.92 Å². The highest BCUT2D eigenvalue weighted by Gasteiger charge is 2.16. The van der Waals surface area contributed by atoms with Crippen LogP contribution in [0.3, 0.4) is 0 Å². The van der Waals surface area contributed by atoms with Crippen molar-refractivity contribution in [2.24, 2.45) is 10.9 Å². The summed E-state index contributed by atoms with van der Waals surface area (Å²) in [6.07, 6.45) is 0. The van der Waals surface area contributed by atoms with Gasteiger partial charge in [-0.2, -0.15) is 0 Å². The van der Waals surface area contributed by atoms with Gasteiger partial charge in [0.2, 0.25) is 0 Å². The third kappa shape index (κ3) is 3.98. The van der Waals surface area contributed by atoms with E-state index in [2.05, 4.69) is 32.5 Å². The molecule has 0 spiro atoms. The molecule has 110 valence electrons. The van der Waals surface area contributed by atoms with Crippen LogP contribution in [0.2, 0.25) is 0 Å². The molecule has 0 radical (unpaired) electrons. The number of hydrogen-bond donors (Lipinski definition) is 3. The van der Waals surface area contributed by atoms with Gasteiger partial charge in [-0.15, -0.1) is 0 Å². The molecule has 0 fully saturated rings. The summed E-state index contributed by atoms with van der Waals surface area (Å²) in [5.41, 5.74) is 8.99. The Kier molecular flexibility index (Phi) is 5.22. The van der Waals surface area contributed by atoms with Gasteiger partial charge >= 0.3 is 0 Å². The van der Waals surface area contributed by atoms with Gasteiger partial charge in [-0.25, -0.2) is 0 Å². The number of anilines is 1. The van der Waals surface area contributed by atoms with Gasteiger partial charge in [0.05, 0.1) is 5.92 Å². The van der Waals surface area contributed by atoms with Crippen LogP contribution in [-0.2, 0) is 0 Å². The average Bonchev–Trinajstić information content (AvgIpc) is 2.51. The molecule has 21 heavy (non-hydrogen) atoms. The van der Waals surface area contributed by atoms with Crippen molar-refractivity contribution in [3.63, 3.8) is 0 Å². The van der Waals surface area contributed by atoms with Crippen LogP contribution >= 0.6 is 15.9 Å². The number of aryl methyl sites for hydroxylation is 1. The lowest BCUT2D eigenvalue weighted by atomic mass is 9.98. The highest BCUT2D eigenvalue weighted by molar-refractivity contribution is 9.10. The number of benzene rings is 2. The number of nitrogens with one attached hydrogen (secondary N) is 1. The molecular weight excluding hydrogens is 330 g/mol. The number of rotatable bonds is 5. The first-order valence-electron chi connectivity index (χ1n) is 6.64. The van der Waals surface area contributed by atoms with E-state index in [4.69, 9.17) is 10.9 Å². The minimum Gasteiger partial charge on any atom is -0.409 e. The Morgan fingerprint density at radius 2 is 2.00 bits per heavy atom. The van der Waals surface area contributed by atoms with Crippen molar-refractivity contribution in [3.8, 4) is 0 Å². The molecule has 1 atom stereocenters. The number of hydrogen-bond acceptors (Lipinski definition) is 3. The summed E-state index contributed by atoms with van der Waals surface area (Å²) in [5, 5.41) is 15.5. The molecule has 2 aromatic carbocycles. The normalized spacial score (nSPS) is 13.0. The Hall–Kier alpha value is -2.01. The Labute approximate surface area is 132 Å². The van der Waals surface area contributed by atoms with E-state index in [1.165, 1.54) is 5.56 Å². The van der Waals surface area contributed by atoms with Gasteiger partial charge in [0, 0.05) is 16.7 Å². The van der Waals surface area contributed by atoms with Gasteiger partial charge in [-0.1, -0.05) is 41.6 Å². The van der Waals surface area contributed by atoms with Crippen molar-refractivity contribution in [2.75, 3.05) is 11.9 Å². The molecule has 4 N–H and O–H groups in total. The summed E-state index contributed by atoms with van der Waals surface area (Å²) in [5.74, 6) is 0.00101. The van der Waals surface area contributed by atoms with Crippen LogP contribution in [0.1, 0.15) is 17.0 Å². The minimum atomic E-state index is -0.191. The Morgan fingerprint density at radius 3 is 2.67 bits per heavy atom. The van der Waals surface area contributed by atoms with Crippen LogP contribution in [0.4, 0.5) is 5.69 Å². The molecule has 1 unspecified atom stereocenters. The van der Waals surface area contributed by atoms with Crippen LogP contribution in [0.5, 0.6) is 0 Å². The molecule has 0 aliphatic carbocycles. The zero-order chi connectivity index (χ0) is 15.2. The fraction of sp³-hybridized carbons (Fsp3) is 0.188. The summed E-state index contributed by atoms with van der Waals surface area (Å²) < 4.78 is 0.986. The zero-order valence-corrected chi connectivity index (χ0v) is 13.3. The third-order valence-electron chi connectivity index (χ3n) is 3.29. The number of oxime groups is 1.